The van der Waals surface area contributed by atoms with E-state index in [1.807, 2.05) is 0 Å². The second-order valence-electron chi connectivity index (χ2n) is 2.99. The average molecular weight is 182 g/mol. The summed E-state index contributed by atoms with van der Waals surface area (Å²) in [6.07, 6.45) is 4.24. The summed E-state index contributed by atoms with van der Waals surface area (Å²) in [6, 6.07) is 0. The largest absolute Gasteiger partial charge is 0.459 e. The molecule has 0 N–H and O–H groups in total. The van der Waals surface area contributed by atoms with Gasteiger partial charge in [-0.2, -0.15) is 0 Å². The maximum Gasteiger partial charge on any atom is 0.384 e. The number of hydrogen-bond acceptors (Lipinski definition) is 3. The molecule has 1 fully saturated rings. The molecule has 1 heterocycles. The van der Waals surface area contributed by atoms with E-state index in [0.29, 0.717) is 6.42 Å². The molecule has 0 aromatic rings. The number of hydrogen-bond donors (Lipinski definition) is 0. The number of ether oxygens (including phenoxy) is 2. The van der Waals surface area contributed by atoms with Crippen molar-refractivity contribution in [2.45, 2.75) is 31.8 Å². The molecule has 0 spiro atoms. The van der Waals surface area contributed by atoms with Crippen LogP contribution in [-0.2, 0) is 14.3 Å². The van der Waals surface area contributed by atoms with Crippen LogP contribution in [0, 0.1) is 11.8 Å². The molecule has 1 rings (SSSR count). The predicted octanol–water partition coefficient (Wildman–Crippen LogP) is 1.12. The smallest absolute Gasteiger partial charge is 0.384 e. The van der Waals surface area contributed by atoms with Gasteiger partial charge in [-0.3, -0.25) is 0 Å². The zero-order valence-electron chi connectivity index (χ0n) is 7.84. The van der Waals surface area contributed by atoms with Crippen LogP contribution >= 0.6 is 0 Å². The van der Waals surface area contributed by atoms with Crippen molar-refractivity contribution < 1.29 is 14.3 Å². The van der Waals surface area contributed by atoms with Gasteiger partial charge in [0.2, 0.25) is 0 Å². The summed E-state index contributed by atoms with van der Waals surface area (Å²) in [7, 11) is 1.33. The first kappa shape index (κ1) is 10.1. The summed E-state index contributed by atoms with van der Waals surface area (Å²) in [4.78, 5) is 10.6. The molecule has 0 radical (unpaired) electrons. The predicted molar refractivity (Wildman–Crippen MR) is 48.0 cm³/mol. The lowest BCUT2D eigenvalue weighted by molar-refractivity contribution is -0.133. The monoisotopic (exact) mass is 182 g/mol. The van der Waals surface area contributed by atoms with E-state index >= 15 is 0 Å². The van der Waals surface area contributed by atoms with Gasteiger partial charge in [0.1, 0.15) is 0 Å². The molecule has 1 unspecified atom stereocenters. The van der Waals surface area contributed by atoms with Crippen molar-refractivity contribution >= 4 is 5.97 Å². The summed E-state index contributed by atoms with van der Waals surface area (Å²) in [5.74, 6) is 4.67. The Labute approximate surface area is 78.4 Å². The van der Waals surface area contributed by atoms with Crippen molar-refractivity contribution in [2.75, 3.05) is 13.7 Å². The van der Waals surface area contributed by atoms with Crippen LogP contribution in [0.2, 0.25) is 0 Å². The Morgan fingerprint density at radius 2 is 2.46 bits per heavy atom. The van der Waals surface area contributed by atoms with Gasteiger partial charge in [0.25, 0.3) is 0 Å². The summed E-state index contributed by atoms with van der Waals surface area (Å²) in [5.41, 5.74) is 0. The van der Waals surface area contributed by atoms with Crippen LogP contribution < -0.4 is 0 Å². The van der Waals surface area contributed by atoms with Crippen LogP contribution in [-0.4, -0.2) is 25.8 Å². The number of rotatable bonds is 1. The molecule has 1 atom stereocenters. The maximum atomic E-state index is 10.6. The Bertz CT molecular complexity index is 218. The van der Waals surface area contributed by atoms with Gasteiger partial charge in [0.05, 0.1) is 13.2 Å². The van der Waals surface area contributed by atoms with Crippen LogP contribution in [0.15, 0.2) is 0 Å². The molecule has 0 amide bonds. The van der Waals surface area contributed by atoms with Crippen LogP contribution in [0.25, 0.3) is 0 Å². The van der Waals surface area contributed by atoms with Crippen LogP contribution in [0.1, 0.15) is 25.7 Å². The molecule has 1 saturated heterocycles. The van der Waals surface area contributed by atoms with E-state index in [-0.39, 0.29) is 6.10 Å². The quantitative estimate of drug-likeness (QED) is 0.346. The molecule has 3 nitrogen and oxygen atoms in total. The molecular weight excluding hydrogens is 168 g/mol. The highest BCUT2D eigenvalue weighted by Crippen LogP contribution is 2.14. The third-order valence-electron chi connectivity index (χ3n) is 1.98. The van der Waals surface area contributed by atoms with Gasteiger partial charge in [0.15, 0.2) is 0 Å². The lowest BCUT2D eigenvalue weighted by Gasteiger charge is -2.20. The summed E-state index contributed by atoms with van der Waals surface area (Å²) in [5, 5.41) is 0. The van der Waals surface area contributed by atoms with Crippen LogP contribution in [0.4, 0.5) is 0 Å². The van der Waals surface area contributed by atoms with Crippen molar-refractivity contribution in [3.63, 3.8) is 0 Å². The molecule has 72 valence electrons. The average Bonchev–Trinajstić information content (AvgIpc) is 2.19. The van der Waals surface area contributed by atoms with E-state index < -0.39 is 5.97 Å². The first-order chi connectivity index (χ1) is 6.33. The fourth-order valence-corrected chi connectivity index (χ4v) is 1.26. The Balaban J connectivity index is 2.22. The molecule has 1 aliphatic rings. The van der Waals surface area contributed by atoms with E-state index in [0.717, 1.165) is 19.4 Å². The van der Waals surface area contributed by atoms with Crippen molar-refractivity contribution in [1.82, 2.24) is 0 Å². The zero-order valence-corrected chi connectivity index (χ0v) is 7.84. The SMILES string of the molecule is COC(=O)C#CCC1CCCCO1. The van der Waals surface area contributed by atoms with E-state index in [1.165, 1.54) is 13.5 Å². The van der Waals surface area contributed by atoms with Crippen LogP contribution in [0.3, 0.4) is 0 Å². The molecule has 0 saturated carbocycles. The summed E-state index contributed by atoms with van der Waals surface area (Å²) < 4.78 is 9.83. The minimum Gasteiger partial charge on any atom is -0.459 e. The molecule has 0 aliphatic carbocycles. The second-order valence-corrected chi connectivity index (χ2v) is 2.99. The lowest BCUT2D eigenvalue weighted by atomic mass is 10.1. The third kappa shape index (κ3) is 3.95. The Kier molecular flexibility index (Phi) is 4.34. The van der Waals surface area contributed by atoms with Gasteiger partial charge in [-0.15, -0.1) is 0 Å². The van der Waals surface area contributed by atoms with E-state index in [2.05, 4.69) is 16.6 Å². The number of carbonyl (C=O) groups is 1. The minimum atomic E-state index is -0.476. The van der Waals surface area contributed by atoms with Gasteiger partial charge < -0.3 is 9.47 Å². The molecule has 0 aromatic heterocycles. The van der Waals surface area contributed by atoms with E-state index in [9.17, 15) is 4.79 Å². The van der Waals surface area contributed by atoms with Gasteiger partial charge in [-0.05, 0) is 19.3 Å². The minimum absolute atomic E-state index is 0.214. The van der Waals surface area contributed by atoms with Crippen molar-refractivity contribution in [1.29, 1.82) is 0 Å². The highest BCUT2D eigenvalue weighted by molar-refractivity contribution is 5.88. The summed E-state index contributed by atoms with van der Waals surface area (Å²) in [6.45, 7) is 0.824. The molecular formula is C10H14O3. The lowest BCUT2D eigenvalue weighted by Crippen LogP contribution is -2.18. The Morgan fingerprint density at radius 3 is 3.08 bits per heavy atom. The highest BCUT2D eigenvalue weighted by Gasteiger charge is 2.11. The molecule has 1 aliphatic heterocycles. The molecule has 0 bridgehead atoms. The van der Waals surface area contributed by atoms with Gasteiger partial charge in [-0.25, -0.2) is 4.79 Å². The Morgan fingerprint density at radius 1 is 1.62 bits per heavy atom. The first-order valence-corrected chi connectivity index (χ1v) is 4.51. The van der Waals surface area contributed by atoms with E-state index in [4.69, 9.17) is 4.74 Å². The summed E-state index contributed by atoms with van der Waals surface area (Å²) >= 11 is 0. The van der Waals surface area contributed by atoms with Gasteiger partial charge >= 0.3 is 5.97 Å². The Hall–Kier alpha value is -1.01. The maximum absolute atomic E-state index is 10.6. The first-order valence-electron chi connectivity index (χ1n) is 4.51. The van der Waals surface area contributed by atoms with Crippen LogP contribution in [0.5, 0.6) is 0 Å². The van der Waals surface area contributed by atoms with Crippen molar-refractivity contribution in [2.24, 2.45) is 0 Å². The zero-order chi connectivity index (χ0) is 9.52. The number of methoxy groups -OCH3 is 1. The van der Waals surface area contributed by atoms with E-state index in [1.54, 1.807) is 0 Å². The normalized spacial score (nSPS) is 21.5. The third-order valence-corrected chi connectivity index (χ3v) is 1.98. The van der Waals surface area contributed by atoms with Crippen molar-refractivity contribution in [3.05, 3.63) is 0 Å². The highest BCUT2D eigenvalue weighted by atomic mass is 16.5. The molecule has 0 aromatic carbocycles. The molecule has 13 heavy (non-hydrogen) atoms. The van der Waals surface area contributed by atoms with Gasteiger partial charge in [0, 0.05) is 18.9 Å². The number of esters is 1. The fraction of sp³-hybridized carbons (Fsp3) is 0.700. The van der Waals surface area contributed by atoms with Crippen molar-refractivity contribution in [3.8, 4) is 11.8 Å². The van der Waals surface area contributed by atoms with Gasteiger partial charge in [-0.1, -0.05) is 5.92 Å². The topological polar surface area (TPSA) is 35.5 Å². The fourth-order valence-electron chi connectivity index (χ4n) is 1.26. The standard InChI is InChI=1S/C10H14O3/c1-12-10(11)7-4-6-9-5-2-3-8-13-9/h9H,2-3,5-6,8H2,1H3. The number of carbonyl (C=O) groups excluding carboxylic acids is 1. The molecule has 3 heteroatoms. The second kappa shape index (κ2) is 5.60.